The maximum atomic E-state index is 10.8. The third-order valence-electron chi connectivity index (χ3n) is 2.43. The number of carboxylic acids is 1. The van der Waals surface area contributed by atoms with Crippen LogP contribution in [0.15, 0.2) is 5.38 Å². The first kappa shape index (κ1) is 14.0. The lowest BCUT2D eigenvalue weighted by molar-refractivity contribution is -0.138. The van der Waals surface area contributed by atoms with Gasteiger partial charge in [-0.25, -0.2) is 4.98 Å². The average Bonchev–Trinajstić information content (AvgIpc) is 2.59. The summed E-state index contributed by atoms with van der Waals surface area (Å²) in [5.74, 6) is -0.0522. The van der Waals surface area contributed by atoms with Gasteiger partial charge in [-0.15, -0.1) is 11.3 Å². The first-order chi connectivity index (χ1) is 7.97. The Kier molecular flexibility index (Phi) is 5.41. The number of aliphatic carboxylic acids is 1. The monoisotopic (exact) mass is 256 g/mol. The molecule has 0 amide bonds. The van der Waals surface area contributed by atoms with Gasteiger partial charge in [-0.3, -0.25) is 4.79 Å². The first-order valence-corrected chi connectivity index (χ1v) is 6.73. The van der Waals surface area contributed by atoms with Crippen molar-refractivity contribution in [2.45, 2.75) is 33.6 Å². The van der Waals surface area contributed by atoms with Crippen molar-refractivity contribution >= 4 is 22.4 Å². The fourth-order valence-electron chi connectivity index (χ4n) is 1.82. The smallest absolute Gasteiger partial charge is 0.303 e. The predicted molar refractivity (Wildman–Crippen MR) is 70.5 cm³/mol. The summed E-state index contributed by atoms with van der Waals surface area (Å²) in [4.78, 5) is 15.1. The number of hydrogen-bond donors (Lipinski definition) is 2. The second kappa shape index (κ2) is 6.59. The molecule has 0 aliphatic rings. The second-order valence-corrected chi connectivity index (χ2v) is 5.63. The van der Waals surface area contributed by atoms with E-state index in [1.54, 1.807) is 11.3 Å². The van der Waals surface area contributed by atoms with Crippen LogP contribution in [0.5, 0.6) is 0 Å². The SMILES string of the molecule is Cc1csc(NCC(CC(=O)O)CC(C)C)n1. The van der Waals surface area contributed by atoms with E-state index in [0.717, 1.165) is 17.2 Å². The van der Waals surface area contributed by atoms with Crippen molar-refractivity contribution in [1.82, 2.24) is 4.98 Å². The van der Waals surface area contributed by atoms with Gasteiger partial charge in [0.25, 0.3) is 0 Å². The Morgan fingerprint density at radius 1 is 1.59 bits per heavy atom. The van der Waals surface area contributed by atoms with Crippen molar-refractivity contribution in [3.05, 3.63) is 11.1 Å². The van der Waals surface area contributed by atoms with Gasteiger partial charge in [-0.05, 0) is 25.2 Å². The summed E-state index contributed by atoms with van der Waals surface area (Å²) in [6.07, 6.45) is 1.14. The minimum absolute atomic E-state index is 0.164. The molecule has 0 aliphatic heterocycles. The molecule has 0 spiro atoms. The number of anilines is 1. The summed E-state index contributed by atoms with van der Waals surface area (Å²) in [7, 11) is 0. The molecule has 1 unspecified atom stereocenters. The van der Waals surface area contributed by atoms with E-state index in [4.69, 9.17) is 5.11 Å². The number of thiazole rings is 1. The topological polar surface area (TPSA) is 62.2 Å². The Labute approximate surface area is 106 Å². The maximum Gasteiger partial charge on any atom is 0.303 e. The summed E-state index contributed by atoms with van der Waals surface area (Å²) in [6.45, 7) is 6.85. The highest BCUT2D eigenvalue weighted by Gasteiger charge is 2.15. The van der Waals surface area contributed by atoms with Crippen LogP contribution >= 0.6 is 11.3 Å². The summed E-state index contributed by atoms with van der Waals surface area (Å²) >= 11 is 1.56. The molecule has 17 heavy (non-hydrogen) atoms. The number of nitrogens with one attached hydrogen (secondary N) is 1. The van der Waals surface area contributed by atoms with Gasteiger partial charge in [-0.2, -0.15) is 0 Å². The number of carbonyl (C=O) groups is 1. The van der Waals surface area contributed by atoms with Crippen LogP contribution in [0.2, 0.25) is 0 Å². The third kappa shape index (κ3) is 5.68. The number of rotatable bonds is 7. The summed E-state index contributed by atoms with van der Waals surface area (Å²) < 4.78 is 0. The van der Waals surface area contributed by atoms with Crippen LogP contribution < -0.4 is 5.32 Å². The number of aromatic nitrogens is 1. The van der Waals surface area contributed by atoms with E-state index in [1.165, 1.54) is 0 Å². The molecule has 0 radical (unpaired) electrons. The fraction of sp³-hybridized carbons (Fsp3) is 0.667. The number of aryl methyl sites for hydroxylation is 1. The maximum absolute atomic E-state index is 10.8. The molecule has 1 aromatic heterocycles. The normalized spacial score (nSPS) is 12.7. The van der Waals surface area contributed by atoms with Crippen molar-refractivity contribution in [2.24, 2.45) is 11.8 Å². The van der Waals surface area contributed by atoms with Crippen LogP contribution in [0, 0.1) is 18.8 Å². The molecule has 0 saturated carbocycles. The van der Waals surface area contributed by atoms with Crippen LogP contribution in [0.1, 0.15) is 32.4 Å². The third-order valence-corrected chi connectivity index (χ3v) is 3.35. The molecule has 1 atom stereocenters. The molecule has 1 heterocycles. The molecular weight excluding hydrogens is 236 g/mol. The number of hydrogen-bond acceptors (Lipinski definition) is 4. The minimum Gasteiger partial charge on any atom is -0.481 e. The van der Waals surface area contributed by atoms with Gasteiger partial charge in [0.15, 0.2) is 5.13 Å². The van der Waals surface area contributed by atoms with E-state index in [2.05, 4.69) is 24.1 Å². The molecule has 1 aromatic rings. The molecule has 96 valence electrons. The Hall–Kier alpha value is -1.10. The zero-order valence-corrected chi connectivity index (χ0v) is 11.4. The molecule has 5 heteroatoms. The lowest BCUT2D eigenvalue weighted by Gasteiger charge is -2.17. The predicted octanol–water partition coefficient (Wildman–Crippen LogP) is 3.00. The zero-order valence-electron chi connectivity index (χ0n) is 10.6. The van der Waals surface area contributed by atoms with Crippen LogP contribution in [-0.2, 0) is 4.79 Å². The largest absolute Gasteiger partial charge is 0.481 e. The minimum atomic E-state index is -0.729. The summed E-state index contributed by atoms with van der Waals surface area (Å²) in [5, 5.41) is 14.9. The molecule has 1 rings (SSSR count). The van der Waals surface area contributed by atoms with E-state index >= 15 is 0 Å². The fourth-order valence-corrected chi connectivity index (χ4v) is 2.52. The summed E-state index contributed by atoms with van der Waals surface area (Å²) in [5.41, 5.74) is 0.996. The van der Waals surface area contributed by atoms with Crippen LogP contribution in [-0.4, -0.2) is 22.6 Å². The van der Waals surface area contributed by atoms with Gasteiger partial charge in [0, 0.05) is 18.3 Å². The standard InChI is InChI=1S/C12H20N2O2S/c1-8(2)4-10(5-11(15)16)6-13-12-14-9(3)7-17-12/h7-8,10H,4-6H2,1-3H3,(H,13,14)(H,15,16). The van der Waals surface area contributed by atoms with Crippen LogP contribution in [0.4, 0.5) is 5.13 Å². The van der Waals surface area contributed by atoms with E-state index in [-0.39, 0.29) is 12.3 Å². The summed E-state index contributed by atoms with van der Waals surface area (Å²) in [6, 6.07) is 0. The van der Waals surface area contributed by atoms with Gasteiger partial charge in [-0.1, -0.05) is 13.8 Å². The van der Waals surface area contributed by atoms with Crippen molar-refractivity contribution in [3.63, 3.8) is 0 Å². The molecule has 0 fully saturated rings. The first-order valence-electron chi connectivity index (χ1n) is 5.85. The Balaban J connectivity index is 2.45. The van der Waals surface area contributed by atoms with Crippen molar-refractivity contribution in [3.8, 4) is 0 Å². The molecule has 0 aliphatic carbocycles. The molecule has 0 bridgehead atoms. The van der Waals surface area contributed by atoms with Crippen LogP contribution in [0.25, 0.3) is 0 Å². The van der Waals surface area contributed by atoms with E-state index in [0.29, 0.717) is 12.5 Å². The molecule has 0 aromatic carbocycles. The Morgan fingerprint density at radius 3 is 2.76 bits per heavy atom. The highest BCUT2D eigenvalue weighted by molar-refractivity contribution is 7.13. The molecule has 4 nitrogen and oxygen atoms in total. The molecule has 0 saturated heterocycles. The quantitative estimate of drug-likeness (QED) is 0.787. The van der Waals surface area contributed by atoms with E-state index < -0.39 is 5.97 Å². The molecular formula is C12H20N2O2S. The number of carboxylic acid groups (broad SMARTS) is 1. The van der Waals surface area contributed by atoms with Gasteiger partial charge in [0.05, 0.1) is 5.69 Å². The lowest BCUT2D eigenvalue weighted by atomic mass is 9.94. The highest BCUT2D eigenvalue weighted by Crippen LogP contribution is 2.19. The van der Waals surface area contributed by atoms with Gasteiger partial charge in [0.2, 0.25) is 0 Å². The van der Waals surface area contributed by atoms with Gasteiger partial charge < -0.3 is 10.4 Å². The van der Waals surface area contributed by atoms with E-state index in [9.17, 15) is 4.79 Å². The zero-order chi connectivity index (χ0) is 12.8. The van der Waals surface area contributed by atoms with Gasteiger partial charge >= 0.3 is 5.97 Å². The van der Waals surface area contributed by atoms with Crippen LogP contribution in [0.3, 0.4) is 0 Å². The van der Waals surface area contributed by atoms with Crippen molar-refractivity contribution in [2.75, 3.05) is 11.9 Å². The number of nitrogens with zero attached hydrogens (tertiary/aromatic N) is 1. The van der Waals surface area contributed by atoms with Crippen molar-refractivity contribution in [1.29, 1.82) is 0 Å². The van der Waals surface area contributed by atoms with E-state index in [1.807, 2.05) is 12.3 Å². The second-order valence-electron chi connectivity index (χ2n) is 4.77. The molecule has 2 N–H and O–H groups in total. The lowest BCUT2D eigenvalue weighted by Crippen LogP contribution is -2.19. The Bertz CT molecular complexity index is 363. The average molecular weight is 256 g/mol. The van der Waals surface area contributed by atoms with Crippen molar-refractivity contribution < 1.29 is 9.90 Å². The Morgan fingerprint density at radius 2 is 2.29 bits per heavy atom. The van der Waals surface area contributed by atoms with Gasteiger partial charge in [0.1, 0.15) is 0 Å². The highest BCUT2D eigenvalue weighted by atomic mass is 32.1.